The number of carbonyl (C=O) groups excluding carboxylic acids is 1. The van der Waals surface area contributed by atoms with Crippen molar-refractivity contribution < 1.29 is 4.79 Å². The van der Waals surface area contributed by atoms with Gasteiger partial charge in [-0.2, -0.15) is 5.26 Å². The lowest BCUT2D eigenvalue weighted by molar-refractivity contribution is -0.113. The smallest absolute Gasteiger partial charge is 0.235 e. The summed E-state index contributed by atoms with van der Waals surface area (Å²) in [7, 11) is 1.87. The van der Waals surface area contributed by atoms with E-state index >= 15 is 0 Å². The minimum absolute atomic E-state index is 0.147. The summed E-state index contributed by atoms with van der Waals surface area (Å²) in [6, 6.07) is 6.02. The number of nitrogens with zero attached hydrogens (tertiary/aromatic N) is 5. The Morgan fingerprint density at radius 2 is 2.21 bits per heavy atom. The summed E-state index contributed by atoms with van der Waals surface area (Å²) < 4.78 is 1.86. The number of thioether (sulfide) groups is 1. The number of carbonyl (C=O) groups is 1. The lowest BCUT2D eigenvalue weighted by Gasteiger charge is -2.17. The molecule has 0 saturated heterocycles. The zero-order chi connectivity index (χ0) is 20.4. The molecule has 4 rings (SSSR count). The van der Waals surface area contributed by atoms with E-state index in [9.17, 15) is 10.1 Å². The van der Waals surface area contributed by atoms with Gasteiger partial charge in [-0.3, -0.25) is 9.78 Å². The van der Waals surface area contributed by atoms with Crippen molar-refractivity contribution in [2.45, 2.75) is 31.3 Å². The number of aromatic nitrogens is 4. The molecule has 0 spiro atoms. The molecule has 1 amide bonds. The predicted octanol–water partition coefficient (Wildman–Crippen LogP) is 3.67. The second kappa shape index (κ2) is 8.35. The van der Waals surface area contributed by atoms with Gasteiger partial charge >= 0.3 is 0 Å². The standard InChI is InChI=1S/C20H20N6OS2/c1-12-3-4-14-15(10-21)19(29-16(14)9-12)23-17(27)11-28-20-25-24-18(26(20)2)13-5-7-22-8-6-13/h5-8,12H,3-4,9,11H2,1-2H3,(H,23,27)/t12-/m0/s1. The molecule has 3 aromatic rings. The van der Waals surface area contributed by atoms with E-state index < -0.39 is 0 Å². The Labute approximate surface area is 177 Å². The Bertz CT molecular complexity index is 1080. The molecular formula is C20H20N6OS2. The van der Waals surface area contributed by atoms with Crippen molar-refractivity contribution in [2.24, 2.45) is 13.0 Å². The second-order valence-electron chi connectivity index (χ2n) is 7.11. The zero-order valence-electron chi connectivity index (χ0n) is 16.2. The number of fused-ring (bicyclic) bond motifs is 1. The first-order valence-electron chi connectivity index (χ1n) is 9.34. The average molecular weight is 425 g/mol. The highest BCUT2D eigenvalue weighted by molar-refractivity contribution is 7.99. The van der Waals surface area contributed by atoms with E-state index in [4.69, 9.17) is 0 Å². The van der Waals surface area contributed by atoms with Gasteiger partial charge in [0.1, 0.15) is 11.1 Å². The number of nitrogens with one attached hydrogen (secondary N) is 1. The molecule has 3 aromatic heterocycles. The summed E-state index contributed by atoms with van der Waals surface area (Å²) in [4.78, 5) is 17.8. The number of thiophene rings is 1. The fourth-order valence-electron chi connectivity index (χ4n) is 3.44. The van der Waals surface area contributed by atoms with E-state index in [1.807, 2.05) is 23.7 Å². The fraction of sp³-hybridized carbons (Fsp3) is 0.350. The van der Waals surface area contributed by atoms with Crippen molar-refractivity contribution >= 4 is 34.0 Å². The van der Waals surface area contributed by atoms with Crippen molar-refractivity contribution in [3.8, 4) is 17.5 Å². The minimum atomic E-state index is -0.147. The molecule has 0 unspecified atom stereocenters. The first-order chi connectivity index (χ1) is 14.1. The maximum atomic E-state index is 12.5. The van der Waals surface area contributed by atoms with Crippen molar-refractivity contribution in [1.82, 2.24) is 19.7 Å². The summed E-state index contributed by atoms with van der Waals surface area (Å²) in [6.45, 7) is 2.23. The Hall–Kier alpha value is -2.70. The van der Waals surface area contributed by atoms with Gasteiger partial charge in [0.15, 0.2) is 11.0 Å². The van der Waals surface area contributed by atoms with Crippen molar-refractivity contribution in [1.29, 1.82) is 5.26 Å². The van der Waals surface area contributed by atoms with E-state index in [0.29, 0.717) is 21.6 Å². The topological polar surface area (TPSA) is 96.5 Å². The number of nitriles is 1. The lowest BCUT2D eigenvalue weighted by atomic mass is 9.89. The SMILES string of the molecule is C[C@H]1CCc2c(sc(NC(=O)CSc3nnc(-c4ccncc4)n3C)c2C#N)C1. The van der Waals surface area contributed by atoms with Gasteiger partial charge in [0.2, 0.25) is 5.91 Å². The van der Waals surface area contributed by atoms with Gasteiger partial charge in [0, 0.05) is 29.9 Å². The van der Waals surface area contributed by atoms with Crippen LogP contribution in [0.15, 0.2) is 29.7 Å². The molecule has 1 aliphatic rings. The molecule has 0 aliphatic heterocycles. The Morgan fingerprint density at radius 3 is 2.97 bits per heavy atom. The van der Waals surface area contributed by atoms with Gasteiger partial charge in [0.25, 0.3) is 0 Å². The molecule has 1 N–H and O–H groups in total. The highest BCUT2D eigenvalue weighted by Gasteiger charge is 2.24. The van der Waals surface area contributed by atoms with Crippen molar-refractivity contribution in [2.75, 3.05) is 11.1 Å². The normalized spacial score (nSPS) is 15.6. The van der Waals surface area contributed by atoms with Crippen LogP contribution in [0.1, 0.15) is 29.3 Å². The van der Waals surface area contributed by atoms with Gasteiger partial charge in [-0.15, -0.1) is 21.5 Å². The Morgan fingerprint density at radius 1 is 1.41 bits per heavy atom. The third-order valence-electron chi connectivity index (χ3n) is 4.98. The first kappa shape index (κ1) is 19.6. The van der Waals surface area contributed by atoms with Crippen LogP contribution in [0, 0.1) is 17.2 Å². The summed E-state index contributed by atoms with van der Waals surface area (Å²) in [5.41, 5.74) is 2.67. The molecule has 7 nitrogen and oxygen atoms in total. The highest BCUT2D eigenvalue weighted by atomic mass is 32.2. The number of amides is 1. The molecule has 148 valence electrons. The van der Waals surface area contributed by atoms with Gasteiger partial charge in [0.05, 0.1) is 11.3 Å². The van der Waals surface area contributed by atoms with Gasteiger partial charge in [-0.05, 0) is 42.9 Å². The highest BCUT2D eigenvalue weighted by Crippen LogP contribution is 2.39. The van der Waals surface area contributed by atoms with Gasteiger partial charge < -0.3 is 9.88 Å². The lowest BCUT2D eigenvalue weighted by Crippen LogP contribution is -2.14. The largest absolute Gasteiger partial charge is 0.316 e. The molecule has 0 fully saturated rings. The molecule has 1 aliphatic carbocycles. The fourth-order valence-corrected chi connectivity index (χ4v) is 5.53. The van der Waals surface area contributed by atoms with E-state index in [1.54, 1.807) is 23.7 Å². The van der Waals surface area contributed by atoms with Crippen LogP contribution in [0.4, 0.5) is 5.00 Å². The van der Waals surface area contributed by atoms with E-state index in [-0.39, 0.29) is 11.7 Å². The third-order valence-corrected chi connectivity index (χ3v) is 7.17. The third kappa shape index (κ3) is 4.04. The van der Waals surface area contributed by atoms with Crippen LogP contribution in [0.3, 0.4) is 0 Å². The summed E-state index contributed by atoms with van der Waals surface area (Å²) in [6.07, 6.45) is 6.40. The maximum Gasteiger partial charge on any atom is 0.235 e. The second-order valence-corrected chi connectivity index (χ2v) is 9.15. The van der Waals surface area contributed by atoms with Crippen LogP contribution in [0.5, 0.6) is 0 Å². The number of hydrogen-bond acceptors (Lipinski definition) is 7. The van der Waals surface area contributed by atoms with Crippen LogP contribution in [-0.2, 0) is 24.7 Å². The summed E-state index contributed by atoms with van der Waals surface area (Å²) in [5, 5.41) is 22.2. The van der Waals surface area contributed by atoms with Crippen molar-refractivity contribution in [3.05, 3.63) is 40.5 Å². The molecular weight excluding hydrogens is 404 g/mol. The van der Waals surface area contributed by atoms with Crippen LogP contribution in [-0.4, -0.2) is 31.4 Å². The van der Waals surface area contributed by atoms with Crippen LogP contribution in [0.2, 0.25) is 0 Å². The number of rotatable bonds is 5. The molecule has 0 bridgehead atoms. The quantitative estimate of drug-likeness (QED) is 0.628. The van der Waals surface area contributed by atoms with Crippen molar-refractivity contribution in [3.63, 3.8) is 0 Å². The molecule has 0 aromatic carbocycles. The average Bonchev–Trinajstić information content (AvgIpc) is 3.26. The van der Waals surface area contributed by atoms with Crippen LogP contribution >= 0.6 is 23.1 Å². The van der Waals surface area contributed by atoms with E-state index in [1.165, 1.54) is 16.6 Å². The molecule has 0 saturated carbocycles. The summed E-state index contributed by atoms with van der Waals surface area (Å²) in [5.74, 6) is 1.40. The van der Waals surface area contributed by atoms with Crippen LogP contribution < -0.4 is 5.32 Å². The van der Waals surface area contributed by atoms with Gasteiger partial charge in [-0.25, -0.2) is 0 Å². The Balaban J connectivity index is 1.43. The number of anilines is 1. The van der Waals surface area contributed by atoms with Crippen LogP contribution in [0.25, 0.3) is 11.4 Å². The summed E-state index contributed by atoms with van der Waals surface area (Å²) >= 11 is 2.86. The monoisotopic (exact) mass is 424 g/mol. The maximum absolute atomic E-state index is 12.5. The molecule has 29 heavy (non-hydrogen) atoms. The molecule has 1 atom stereocenters. The first-order valence-corrected chi connectivity index (χ1v) is 11.1. The molecule has 9 heteroatoms. The predicted molar refractivity (Wildman–Crippen MR) is 114 cm³/mol. The zero-order valence-corrected chi connectivity index (χ0v) is 17.8. The Kier molecular flexibility index (Phi) is 5.65. The number of pyridine rings is 1. The van der Waals surface area contributed by atoms with E-state index in [0.717, 1.165) is 36.2 Å². The van der Waals surface area contributed by atoms with E-state index in [2.05, 4.69) is 33.5 Å². The molecule has 3 heterocycles. The van der Waals surface area contributed by atoms with Gasteiger partial charge in [-0.1, -0.05) is 18.7 Å². The minimum Gasteiger partial charge on any atom is -0.316 e. The molecule has 0 radical (unpaired) electrons. The number of hydrogen-bond donors (Lipinski definition) is 1.